The van der Waals surface area contributed by atoms with Crippen LogP contribution in [-0.4, -0.2) is 12.5 Å². The van der Waals surface area contributed by atoms with Gasteiger partial charge in [0.2, 0.25) is 0 Å². The lowest BCUT2D eigenvalue weighted by Crippen LogP contribution is -2.22. The van der Waals surface area contributed by atoms with Crippen LogP contribution < -0.4 is 10.1 Å². The van der Waals surface area contributed by atoms with Gasteiger partial charge in [-0.15, -0.1) is 11.3 Å². The van der Waals surface area contributed by atoms with Crippen LogP contribution in [0.3, 0.4) is 0 Å². The van der Waals surface area contributed by atoms with Crippen LogP contribution in [0.25, 0.3) is 0 Å². The Kier molecular flexibility index (Phi) is 5.39. The second-order valence-electron chi connectivity index (χ2n) is 5.13. The van der Waals surface area contributed by atoms with Crippen LogP contribution in [0.2, 0.25) is 0 Å². The summed E-state index contributed by atoms with van der Waals surface area (Å²) in [6.45, 7) is 7.35. The summed E-state index contributed by atoms with van der Waals surface area (Å²) in [5.41, 5.74) is 3.39. The van der Waals surface area contributed by atoms with Gasteiger partial charge in [-0.25, -0.2) is 0 Å². The fraction of sp³-hybridized carbons (Fsp3) is 0.353. The molecule has 4 heteroatoms. The Morgan fingerprint density at radius 2 is 2.10 bits per heavy atom. The summed E-state index contributed by atoms with van der Waals surface area (Å²) in [4.78, 5) is 12.6. The molecule has 1 N–H and O–H groups in total. The molecule has 0 aliphatic carbocycles. The van der Waals surface area contributed by atoms with Crippen molar-refractivity contribution in [3.8, 4) is 5.75 Å². The standard InChI is InChI=1S/C17H21NO2S/c1-4-7-18-17(19)16-9-14(11-21-16)10-20-15-6-5-12(2)8-13(15)3/h5-6,8-9,11H,4,7,10H2,1-3H3,(H,18,19). The molecule has 1 amide bonds. The molecular formula is C17H21NO2S. The predicted molar refractivity (Wildman–Crippen MR) is 87.2 cm³/mol. The average molecular weight is 303 g/mol. The SMILES string of the molecule is CCCNC(=O)c1cc(COc2ccc(C)cc2C)cs1. The van der Waals surface area contributed by atoms with Gasteiger partial charge in [-0.1, -0.05) is 24.6 Å². The van der Waals surface area contributed by atoms with Gasteiger partial charge < -0.3 is 10.1 Å². The molecule has 0 saturated heterocycles. The maximum absolute atomic E-state index is 11.8. The fourth-order valence-corrected chi connectivity index (χ4v) is 2.83. The van der Waals surface area contributed by atoms with Crippen molar-refractivity contribution >= 4 is 17.2 Å². The maximum atomic E-state index is 11.8. The highest BCUT2D eigenvalue weighted by molar-refractivity contribution is 7.12. The van der Waals surface area contributed by atoms with Gasteiger partial charge >= 0.3 is 0 Å². The topological polar surface area (TPSA) is 38.3 Å². The highest BCUT2D eigenvalue weighted by atomic mass is 32.1. The molecule has 0 aliphatic rings. The molecule has 21 heavy (non-hydrogen) atoms. The molecule has 0 fully saturated rings. The van der Waals surface area contributed by atoms with Gasteiger partial charge in [-0.05, 0) is 43.3 Å². The van der Waals surface area contributed by atoms with E-state index in [-0.39, 0.29) is 5.91 Å². The molecule has 1 aromatic carbocycles. The number of benzene rings is 1. The molecule has 0 atom stereocenters. The van der Waals surface area contributed by atoms with Crippen LogP contribution in [0.5, 0.6) is 5.75 Å². The van der Waals surface area contributed by atoms with Gasteiger partial charge in [0.25, 0.3) is 5.91 Å². The van der Waals surface area contributed by atoms with Crippen molar-refractivity contribution in [2.45, 2.75) is 33.8 Å². The third kappa shape index (κ3) is 4.33. The van der Waals surface area contributed by atoms with Crippen molar-refractivity contribution in [1.29, 1.82) is 0 Å². The van der Waals surface area contributed by atoms with Gasteiger partial charge in [0.15, 0.2) is 0 Å². The number of hydrogen-bond donors (Lipinski definition) is 1. The van der Waals surface area contributed by atoms with E-state index in [9.17, 15) is 4.79 Å². The molecule has 0 unspecified atom stereocenters. The summed E-state index contributed by atoms with van der Waals surface area (Å²) >= 11 is 1.46. The lowest BCUT2D eigenvalue weighted by molar-refractivity contribution is 0.0957. The van der Waals surface area contributed by atoms with Crippen LogP contribution >= 0.6 is 11.3 Å². The smallest absolute Gasteiger partial charge is 0.261 e. The minimum absolute atomic E-state index is 0.000355. The van der Waals surface area contributed by atoms with Crippen molar-refractivity contribution in [3.05, 3.63) is 51.2 Å². The van der Waals surface area contributed by atoms with Crippen LogP contribution in [0.4, 0.5) is 0 Å². The van der Waals surface area contributed by atoms with E-state index in [1.807, 2.05) is 37.4 Å². The number of ether oxygens (including phenoxy) is 1. The Morgan fingerprint density at radius 1 is 1.29 bits per heavy atom. The molecule has 0 aliphatic heterocycles. The van der Waals surface area contributed by atoms with E-state index >= 15 is 0 Å². The maximum Gasteiger partial charge on any atom is 0.261 e. The van der Waals surface area contributed by atoms with Gasteiger partial charge in [-0.3, -0.25) is 4.79 Å². The number of amides is 1. The molecule has 1 heterocycles. The normalized spacial score (nSPS) is 10.4. The summed E-state index contributed by atoms with van der Waals surface area (Å²) < 4.78 is 5.83. The molecule has 3 nitrogen and oxygen atoms in total. The molecule has 2 rings (SSSR count). The first-order chi connectivity index (χ1) is 10.1. The van der Waals surface area contributed by atoms with E-state index in [4.69, 9.17) is 4.74 Å². The number of nitrogens with one attached hydrogen (secondary N) is 1. The van der Waals surface area contributed by atoms with Crippen molar-refractivity contribution in [1.82, 2.24) is 5.32 Å². The Labute approximate surface area is 130 Å². The fourth-order valence-electron chi connectivity index (χ4n) is 2.02. The predicted octanol–water partition coefficient (Wildman–Crippen LogP) is 4.08. The zero-order valence-electron chi connectivity index (χ0n) is 12.7. The number of rotatable bonds is 6. The van der Waals surface area contributed by atoms with Crippen LogP contribution in [-0.2, 0) is 6.61 Å². The van der Waals surface area contributed by atoms with Crippen molar-refractivity contribution in [3.63, 3.8) is 0 Å². The summed E-state index contributed by atoms with van der Waals surface area (Å²) in [6.07, 6.45) is 0.944. The van der Waals surface area contributed by atoms with Gasteiger partial charge in [0, 0.05) is 12.1 Å². The first kappa shape index (κ1) is 15.6. The largest absolute Gasteiger partial charge is 0.489 e. The second kappa shape index (κ2) is 7.27. The Bertz CT molecular complexity index is 619. The minimum Gasteiger partial charge on any atom is -0.489 e. The van der Waals surface area contributed by atoms with Gasteiger partial charge in [0.05, 0.1) is 4.88 Å². The van der Waals surface area contributed by atoms with Crippen LogP contribution in [0.1, 0.15) is 39.7 Å². The Morgan fingerprint density at radius 3 is 2.81 bits per heavy atom. The highest BCUT2D eigenvalue weighted by Crippen LogP contribution is 2.21. The summed E-state index contributed by atoms with van der Waals surface area (Å²) in [7, 11) is 0. The lowest BCUT2D eigenvalue weighted by Gasteiger charge is -2.08. The van der Waals surface area contributed by atoms with Crippen LogP contribution in [0.15, 0.2) is 29.6 Å². The molecule has 2 aromatic rings. The number of carbonyl (C=O) groups is 1. The molecular weight excluding hydrogens is 282 g/mol. The monoisotopic (exact) mass is 303 g/mol. The van der Waals surface area contributed by atoms with E-state index in [1.54, 1.807) is 0 Å². The quantitative estimate of drug-likeness (QED) is 0.873. The Balaban J connectivity index is 1.95. The average Bonchev–Trinajstić information content (AvgIpc) is 2.93. The summed E-state index contributed by atoms with van der Waals surface area (Å²) in [6, 6.07) is 8.04. The van der Waals surface area contributed by atoms with Crippen molar-refractivity contribution in [2.75, 3.05) is 6.54 Å². The number of hydrogen-bond acceptors (Lipinski definition) is 3. The van der Waals surface area contributed by atoms with Gasteiger partial charge in [0.1, 0.15) is 12.4 Å². The third-order valence-electron chi connectivity index (χ3n) is 3.14. The summed E-state index contributed by atoms with van der Waals surface area (Å²) in [5.74, 6) is 0.892. The van der Waals surface area contributed by atoms with Gasteiger partial charge in [-0.2, -0.15) is 0 Å². The lowest BCUT2D eigenvalue weighted by atomic mass is 10.1. The first-order valence-electron chi connectivity index (χ1n) is 7.16. The van der Waals surface area contributed by atoms with E-state index in [0.29, 0.717) is 13.2 Å². The van der Waals surface area contributed by atoms with E-state index in [2.05, 4.69) is 18.3 Å². The summed E-state index contributed by atoms with van der Waals surface area (Å²) in [5, 5.41) is 4.86. The van der Waals surface area contributed by atoms with E-state index in [0.717, 1.165) is 28.2 Å². The molecule has 0 radical (unpaired) electrons. The molecule has 0 saturated carbocycles. The molecule has 1 aromatic heterocycles. The van der Waals surface area contributed by atoms with E-state index in [1.165, 1.54) is 16.9 Å². The Hall–Kier alpha value is -1.81. The first-order valence-corrected chi connectivity index (χ1v) is 8.03. The highest BCUT2D eigenvalue weighted by Gasteiger charge is 2.09. The van der Waals surface area contributed by atoms with Crippen molar-refractivity contribution in [2.24, 2.45) is 0 Å². The zero-order valence-corrected chi connectivity index (χ0v) is 13.5. The molecule has 0 bridgehead atoms. The molecule has 112 valence electrons. The zero-order chi connectivity index (χ0) is 15.2. The number of thiophene rings is 1. The van der Waals surface area contributed by atoms with E-state index < -0.39 is 0 Å². The number of carbonyl (C=O) groups excluding carboxylic acids is 1. The van der Waals surface area contributed by atoms with Crippen molar-refractivity contribution < 1.29 is 9.53 Å². The third-order valence-corrected chi connectivity index (χ3v) is 4.12. The minimum atomic E-state index is -0.000355. The van der Waals surface area contributed by atoms with Crippen LogP contribution in [0, 0.1) is 13.8 Å². The second-order valence-corrected chi connectivity index (χ2v) is 6.04. The molecule has 0 spiro atoms. The number of aryl methyl sites for hydroxylation is 2.